The Kier molecular flexibility index (Phi) is 4.40. The average molecular weight is 389 g/mol. The van der Waals surface area contributed by atoms with E-state index >= 15 is 0 Å². The van der Waals surface area contributed by atoms with Gasteiger partial charge >= 0.3 is 0 Å². The summed E-state index contributed by atoms with van der Waals surface area (Å²) in [5.74, 6) is 0.769. The van der Waals surface area contributed by atoms with Crippen LogP contribution >= 0.6 is 0 Å². The van der Waals surface area contributed by atoms with Gasteiger partial charge in [-0.3, -0.25) is 4.68 Å². The lowest BCUT2D eigenvalue weighted by molar-refractivity contribution is 0.212. The maximum atomic E-state index is 9.54. The Morgan fingerprint density at radius 2 is 1.90 bits per heavy atom. The van der Waals surface area contributed by atoms with E-state index in [9.17, 15) is 5.11 Å². The Morgan fingerprint density at radius 1 is 1.10 bits per heavy atom. The minimum Gasteiger partial charge on any atom is -0.508 e. The van der Waals surface area contributed by atoms with Crippen LogP contribution in [0, 0.1) is 0 Å². The van der Waals surface area contributed by atoms with Crippen molar-refractivity contribution < 1.29 is 5.11 Å². The molecule has 0 bridgehead atoms. The number of fused-ring (bicyclic) bond motifs is 1. The van der Waals surface area contributed by atoms with E-state index in [1.54, 1.807) is 16.6 Å². The zero-order chi connectivity index (χ0) is 19.8. The van der Waals surface area contributed by atoms with Crippen molar-refractivity contribution >= 4 is 17.3 Å². The summed E-state index contributed by atoms with van der Waals surface area (Å²) >= 11 is 0. The topological polar surface area (TPSA) is 83.5 Å². The lowest BCUT2D eigenvalue weighted by Crippen LogP contribution is -2.31. The molecule has 4 aromatic rings. The van der Waals surface area contributed by atoms with Crippen LogP contribution in [-0.4, -0.2) is 54.5 Å². The van der Waals surface area contributed by atoms with Crippen molar-refractivity contribution in [3.8, 4) is 16.9 Å². The highest BCUT2D eigenvalue weighted by Gasteiger charge is 2.19. The summed E-state index contributed by atoms with van der Waals surface area (Å²) in [6, 6.07) is 11.5. The van der Waals surface area contributed by atoms with Gasteiger partial charge in [0, 0.05) is 18.0 Å². The molecule has 1 aliphatic rings. The van der Waals surface area contributed by atoms with Crippen LogP contribution < -0.4 is 5.32 Å². The van der Waals surface area contributed by atoms with Gasteiger partial charge in [-0.25, -0.2) is 4.52 Å². The van der Waals surface area contributed by atoms with Crippen LogP contribution in [0.25, 0.3) is 16.8 Å². The Morgan fingerprint density at radius 3 is 2.69 bits per heavy atom. The van der Waals surface area contributed by atoms with Crippen molar-refractivity contribution in [1.82, 2.24) is 29.3 Å². The molecule has 8 nitrogen and oxygen atoms in total. The number of rotatable bonds is 4. The number of hydrogen-bond donors (Lipinski definition) is 2. The quantitative estimate of drug-likeness (QED) is 0.557. The van der Waals surface area contributed by atoms with Gasteiger partial charge in [0.05, 0.1) is 17.9 Å². The molecule has 2 N–H and O–H groups in total. The molecular weight excluding hydrogens is 366 g/mol. The molecule has 3 aromatic heterocycles. The number of phenols is 1. The van der Waals surface area contributed by atoms with Crippen molar-refractivity contribution in [2.45, 2.75) is 18.9 Å². The molecule has 8 heteroatoms. The number of aromatic nitrogens is 5. The van der Waals surface area contributed by atoms with E-state index in [1.807, 2.05) is 47.5 Å². The summed E-state index contributed by atoms with van der Waals surface area (Å²) in [6.45, 7) is 2.20. The monoisotopic (exact) mass is 389 g/mol. The molecule has 0 spiro atoms. The standard InChI is InChI=1S/C21H23N7O/c1-26-11-8-17(9-12-26)28-14-16(13-22-28)23-21-24-20-19(3-2-10-27(20)25-21)15-4-6-18(29)7-5-15/h2-7,10,13-14,17,29H,8-9,11-12H2,1H3,(H,23,25). The first-order valence-electron chi connectivity index (χ1n) is 9.80. The number of hydrogen-bond acceptors (Lipinski definition) is 6. The second-order valence-corrected chi connectivity index (χ2v) is 7.54. The van der Waals surface area contributed by atoms with Gasteiger partial charge in [0.25, 0.3) is 0 Å². The fraction of sp³-hybridized carbons (Fsp3) is 0.286. The molecule has 148 valence electrons. The lowest BCUT2D eigenvalue weighted by Gasteiger charge is -2.28. The smallest absolute Gasteiger partial charge is 0.247 e. The fourth-order valence-corrected chi connectivity index (χ4v) is 3.82. The number of pyridine rings is 1. The fourth-order valence-electron chi connectivity index (χ4n) is 3.82. The van der Waals surface area contributed by atoms with Crippen molar-refractivity contribution in [1.29, 1.82) is 0 Å². The normalized spacial score (nSPS) is 15.8. The lowest BCUT2D eigenvalue weighted by atomic mass is 10.1. The van der Waals surface area contributed by atoms with Crippen molar-refractivity contribution in [2.75, 3.05) is 25.5 Å². The molecule has 1 aromatic carbocycles. The van der Waals surface area contributed by atoms with Gasteiger partial charge in [-0.15, -0.1) is 5.10 Å². The van der Waals surface area contributed by atoms with E-state index in [0.717, 1.165) is 48.4 Å². The maximum absolute atomic E-state index is 9.54. The highest BCUT2D eigenvalue weighted by atomic mass is 16.3. The first-order valence-corrected chi connectivity index (χ1v) is 9.80. The molecule has 0 saturated carbocycles. The minimum atomic E-state index is 0.242. The number of nitrogens with zero attached hydrogens (tertiary/aromatic N) is 6. The first kappa shape index (κ1) is 17.7. The maximum Gasteiger partial charge on any atom is 0.247 e. The van der Waals surface area contributed by atoms with Gasteiger partial charge in [-0.2, -0.15) is 10.1 Å². The molecule has 1 saturated heterocycles. The zero-order valence-corrected chi connectivity index (χ0v) is 16.2. The Hall–Kier alpha value is -3.39. The third-order valence-electron chi connectivity index (χ3n) is 5.46. The summed E-state index contributed by atoms with van der Waals surface area (Å²) in [6.07, 6.45) is 7.95. The van der Waals surface area contributed by atoms with Crippen LogP contribution in [-0.2, 0) is 0 Å². The molecule has 5 rings (SSSR count). The Bertz CT molecular complexity index is 1120. The molecular formula is C21H23N7O. The van der Waals surface area contributed by atoms with E-state index in [0.29, 0.717) is 12.0 Å². The van der Waals surface area contributed by atoms with Crippen LogP contribution in [0.2, 0.25) is 0 Å². The number of piperidine rings is 1. The second-order valence-electron chi connectivity index (χ2n) is 7.54. The second kappa shape index (κ2) is 7.21. The molecule has 29 heavy (non-hydrogen) atoms. The van der Waals surface area contributed by atoms with E-state index in [2.05, 4.69) is 32.4 Å². The van der Waals surface area contributed by atoms with Gasteiger partial charge in [0.15, 0.2) is 5.65 Å². The predicted molar refractivity (Wildman–Crippen MR) is 111 cm³/mol. The van der Waals surface area contributed by atoms with Crippen molar-refractivity contribution in [2.24, 2.45) is 0 Å². The molecule has 1 aliphatic heterocycles. The van der Waals surface area contributed by atoms with Crippen molar-refractivity contribution in [3.63, 3.8) is 0 Å². The molecule has 0 amide bonds. The van der Waals surface area contributed by atoms with E-state index in [4.69, 9.17) is 0 Å². The van der Waals surface area contributed by atoms with Crippen LogP contribution in [0.4, 0.5) is 11.6 Å². The molecule has 0 radical (unpaired) electrons. The predicted octanol–water partition coefficient (Wildman–Crippen LogP) is 3.31. The number of phenolic OH excluding ortho intramolecular Hbond substituents is 1. The summed E-state index contributed by atoms with van der Waals surface area (Å²) < 4.78 is 3.80. The first-order chi connectivity index (χ1) is 14.2. The number of nitrogens with one attached hydrogen (secondary N) is 1. The van der Waals surface area contributed by atoms with E-state index in [1.165, 1.54) is 0 Å². The minimum absolute atomic E-state index is 0.242. The average Bonchev–Trinajstić information content (AvgIpc) is 3.36. The van der Waals surface area contributed by atoms with Gasteiger partial charge in [0.2, 0.25) is 5.95 Å². The third-order valence-corrected chi connectivity index (χ3v) is 5.46. The number of anilines is 2. The van der Waals surface area contributed by atoms with Crippen molar-refractivity contribution in [3.05, 3.63) is 55.0 Å². The zero-order valence-electron chi connectivity index (χ0n) is 16.2. The van der Waals surface area contributed by atoms with Crippen LogP contribution in [0.15, 0.2) is 55.0 Å². The molecule has 1 fully saturated rings. The highest BCUT2D eigenvalue weighted by Crippen LogP contribution is 2.27. The molecule has 4 heterocycles. The van der Waals surface area contributed by atoms with Gasteiger partial charge in [-0.05, 0) is 62.8 Å². The highest BCUT2D eigenvalue weighted by molar-refractivity contribution is 5.78. The number of likely N-dealkylation sites (tertiary alicyclic amines) is 1. The Balaban J connectivity index is 1.39. The summed E-state index contributed by atoms with van der Waals surface area (Å²) in [7, 11) is 2.16. The molecule has 0 aliphatic carbocycles. The van der Waals surface area contributed by atoms with Gasteiger partial charge in [-0.1, -0.05) is 12.1 Å². The SMILES string of the molecule is CN1CCC(n2cc(Nc3nc4c(-c5ccc(O)cc5)cccn4n3)cn2)CC1. The Labute approximate surface area is 168 Å². The van der Waals surface area contributed by atoms with Crippen LogP contribution in [0.5, 0.6) is 5.75 Å². The number of aromatic hydroxyl groups is 1. The van der Waals surface area contributed by atoms with Crippen LogP contribution in [0.1, 0.15) is 18.9 Å². The number of benzene rings is 1. The summed E-state index contributed by atoms with van der Waals surface area (Å²) in [5.41, 5.74) is 3.56. The van der Waals surface area contributed by atoms with E-state index in [-0.39, 0.29) is 5.75 Å². The molecule has 0 unspecified atom stereocenters. The summed E-state index contributed by atoms with van der Waals surface area (Å²) in [5, 5.41) is 21.9. The summed E-state index contributed by atoms with van der Waals surface area (Å²) in [4.78, 5) is 7.03. The van der Waals surface area contributed by atoms with Crippen LogP contribution in [0.3, 0.4) is 0 Å². The van der Waals surface area contributed by atoms with Gasteiger partial charge in [0.1, 0.15) is 5.75 Å². The van der Waals surface area contributed by atoms with Gasteiger partial charge < -0.3 is 15.3 Å². The largest absolute Gasteiger partial charge is 0.508 e. The molecule has 0 atom stereocenters. The third kappa shape index (κ3) is 3.54. The van der Waals surface area contributed by atoms with E-state index < -0.39 is 0 Å².